The molecule has 0 saturated heterocycles. The molecule has 3 nitrogen and oxygen atoms in total. The van der Waals surface area contributed by atoms with Gasteiger partial charge in [0.05, 0.1) is 11.7 Å². The van der Waals surface area contributed by atoms with Crippen LogP contribution in [-0.2, 0) is 0 Å². The zero-order valence-corrected chi connectivity index (χ0v) is 13.8. The average Bonchev–Trinajstić information content (AvgIpc) is 3.12. The van der Waals surface area contributed by atoms with Crippen LogP contribution in [0.4, 0.5) is 5.95 Å². The molecule has 0 aromatic carbocycles. The quantitative estimate of drug-likeness (QED) is 0.842. The van der Waals surface area contributed by atoms with Crippen molar-refractivity contribution in [3.8, 4) is 0 Å². The lowest BCUT2D eigenvalue weighted by Crippen LogP contribution is -2.25. The molecule has 1 fully saturated rings. The van der Waals surface area contributed by atoms with E-state index in [-0.39, 0.29) is 0 Å². The molecule has 2 aromatic heterocycles. The van der Waals surface area contributed by atoms with Gasteiger partial charge in [0.15, 0.2) is 0 Å². The van der Waals surface area contributed by atoms with Gasteiger partial charge in [-0.05, 0) is 37.6 Å². The summed E-state index contributed by atoms with van der Waals surface area (Å²) >= 11 is 1.84. The van der Waals surface area contributed by atoms with Gasteiger partial charge < -0.3 is 9.88 Å². The lowest BCUT2D eigenvalue weighted by molar-refractivity contribution is 0.456. The number of nitrogens with one attached hydrogen (secondary N) is 1. The Morgan fingerprint density at radius 2 is 2.19 bits per heavy atom. The van der Waals surface area contributed by atoms with Gasteiger partial charge in [-0.1, -0.05) is 32.3 Å². The van der Waals surface area contributed by atoms with Crippen molar-refractivity contribution in [2.75, 3.05) is 5.32 Å². The van der Waals surface area contributed by atoms with Gasteiger partial charge in [-0.25, -0.2) is 4.98 Å². The number of nitrogens with zero attached hydrogens (tertiary/aromatic N) is 2. The summed E-state index contributed by atoms with van der Waals surface area (Å²) in [7, 11) is 0. The third-order valence-electron chi connectivity index (χ3n) is 4.39. The largest absolute Gasteiger partial charge is 0.353 e. The predicted molar refractivity (Wildman–Crippen MR) is 90.2 cm³/mol. The smallest absolute Gasteiger partial charge is 0.203 e. The molecule has 21 heavy (non-hydrogen) atoms. The zero-order valence-electron chi connectivity index (χ0n) is 13.0. The molecule has 0 radical (unpaired) electrons. The van der Waals surface area contributed by atoms with Gasteiger partial charge in [0.2, 0.25) is 5.95 Å². The topological polar surface area (TPSA) is 29.9 Å². The summed E-state index contributed by atoms with van der Waals surface area (Å²) in [4.78, 5) is 6.16. The Kier molecular flexibility index (Phi) is 4.63. The molecule has 1 N–H and O–H groups in total. The average molecular weight is 303 g/mol. The molecule has 0 amide bonds. The minimum absolute atomic E-state index is 0.400. The second kappa shape index (κ2) is 6.65. The molecule has 1 aliphatic rings. The first-order chi connectivity index (χ1) is 10.3. The number of imidazole rings is 1. The van der Waals surface area contributed by atoms with E-state index in [1.807, 2.05) is 11.3 Å². The van der Waals surface area contributed by atoms with Crippen LogP contribution in [0, 0.1) is 6.92 Å². The van der Waals surface area contributed by atoms with E-state index in [2.05, 4.69) is 47.4 Å². The number of aryl methyl sites for hydroxylation is 1. The maximum absolute atomic E-state index is 4.74. The van der Waals surface area contributed by atoms with Crippen molar-refractivity contribution in [1.82, 2.24) is 9.55 Å². The normalized spacial score (nSPS) is 17.8. The van der Waals surface area contributed by atoms with Gasteiger partial charge in [0.25, 0.3) is 0 Å². The number of hydrogen-bond acceptors (Lipinski definition) is 3. The van der Waals surface area contributed by atoms with Crippen LogP contribution >= 0.6 is 11.3 Å². The minimum Gasteiger partial charge on any atom is -0.353 e. The Bertz CT molecular complexity index is 553. The number of rotatable bonds is 5. The van der Waals surface area contributed by atoms with E-state index >= 15 is 0 Å². The molecular weight excluding hydrogens is 278 g/mol. The molecule has 1 atom stereocenters. The van der Waals surface area contributed by atoms with Crippen molar-refractivity contribution in [3.05, 3.63) is 34.3 Å². The van der Waals surface area contributed by atoms with Crippen LogP contribution in [0.25, 0.3) is 0 Å². The van der Waals surface area contributed by atoms with Crippen LogP contribution in [0.3, 0.4) is 0 Å². The van der Waals surface area contributed by atoms with Crippen molar-refractivity contribution in [3.63, 3.8) is 0 Å². The van der Waals surface area contributed by atoms with Crippen LogP contribution in [0.15, 0.2) is 23.7 Å². The van der Waals surface area contributed by atoms with Crippen molar-refractivity contribution in [2.45, 2.75) is 64.5 Å². The monoisotopic (exact) mass is 303 g/mol. The molecule has 3 rings (SSSR count). The summed E-state index contributed by atoms with van der Waals surface area (Å²) in [6.45, 7) is 4.34. The van der Waals surface area contributed by atoms with E-state index in [9.17, 15) is 0 Å². The molecule has 1 unspecified atom stereocenters. The van der Waals surface area contributed by atoms with Crippen LogP contribution in [-0.4, -0.2) is 15.6 Å². The molecule has 2 aromatic rings. The third-order valence-corrected chi connectivity index (χ3v) is 5.36. The Morgan fingerprint density at radius 1 is 1.38 bits per heavy atom. The first kappa shape index (κ1) is 14.6. The fourth-order valence-corrected chi connectivity index (χ4v) is 4.21. The number of aromatic nitrogens is 2. The Labute approximate surface area is 131 Å². The summed E-state index contributed by atoms with van der Waals surface area (Å²) in [5, 5.41) is 5.87. The highest BCUT2D eigenvalue weighted by atomic mass is 32.1. The SMILES string of the molecule is CCC(c1cccs1)n1cc(C)nc1NC1CCCCC1. The van der Waals surface area contributed by atoms with Gasteiger partial charge in [-0.15, -0.1) is 11.3 Å². The van der Waals surface area contributed by atoms with Crippen LogP contribution in [0.5, 0.6) is 0 Å². The van der Waals surface area contributed by atoms with E-state index < -0.39 is 0 Å². The molecule has 0 aliphatic heterocycles. The number of anilines is 1. The maximum atomic E-state index is 4.74. The van der Waals surface area contributed by atoms with Gasteiger partial charge >= 0.3 is 0 Å². The van der Waals surface area contributed by atoms with Gasteiger partial charge in [0, 0.05) is 17.1 Å². The Morgan fingerprint density at radius 3 is 2.86 bits per heavy atom. The highest BCUT2D eigenvalue weighted by molar-refractivity contribution is 7.10. The summed E-state index contributed by atoms with van der Waals surface area (Å²) < 4.78 is 2.34. The summed E-state index contributed by atoms with van der Waals surface area (Å²) in [5.74, 6) is 1.06. The van der Waals surface area contributed by atoms with Crippen molar-refractivity contribution < 1.29 is 0 Å². The molecule has 114 valence electrons. The Balaban J connectivity index is 1.84. The van der Waals surface area contributed by atoms with Crippen molar-refractivity contribution in [1.29, 1.82) is 0 Å². The van der Waals surface area contributed by atoms with Crippen LogP contribution in [0.2, 0.25) is 0 Å². The van der Waals surface area contributed by atoms with E-state index in [0.29, 0.717) is 12.1 Å². The molecule has 1 saturated carbocycles. The first-order valence-electron chi connectivity index (χ1n) is 8.13. The predicted octanol–water partition coefficient (Wildman–Crippen LogP) is 5.00. The molecule has 0 bridgehead atoms. The Hall–Kier alpha value is -1.29. The highest BCUT2D eigenvalue weighted by Gasteiger charge is 2.20. The van der Waals surface area contributed by atoms with Gasteiger partial charge in [-0.2, -0.15) is 0 Å². The molecule has 4 heteroatoms. The molecule has 2 heterocycles. The zero-order chi connectivity index (χ0) is 14.7. The first-order valence-corrected chi connectivity index (χ1v) is 9.01. The van der Waals surface area contributed by atoms with Gasteiger partial charge in [0.1, 0.15) is 0 Å². The molecular formula is C17H25N3S. The fraction of sp³-hybridized carbons (Fsp3) is 0.588. The van der Waals surface area contributed by atoms with Crippen molar-refractivity contribution >= 4 is 17.3 Å². The maximum Gasteiger partial charge on any atom is 0.203 e. The second-order valence-corrected chi connectivity index (χ2v) is 7.01. The lowest BCUT2D eigenvalue weighted by Gasteiger charge is -2.25. The standard InChI is InChI=1S/C17H25N3S/c1-3-15(16-10-7-11-21-16)20-12-13(2)18-17(20)19-14-8-5-4-6-9-14/h7,10-12,14-15H,3-6,8-9H2,1-2H3,(H,18,19). The minimum atomic E-state index is 0.400. The van der Waals surface area contributed by atoms with E-state index in [1.165, 1.54) is 37.0 Å². The van der Waals surface area contributed by atoms with Crippen LogP contribution < -0.4 is 5.32 Å². The van der Waals surface area contributed by atoms with E-state index in [1.54, 1.807) is 0 Å². The van der Waals surface area contributed by atoms with Crippen molar-refractivity contribution in [2.24, 2.45) is 0 Å². The fourth-order valence-electron chi connectivity index (χ4n) is 3.31. The second-order valence-electron chi connectivity index (χ2n) is 6.03. The number of hydrogen-bond donors (Lipinski definition) is 1. The highest BCUT2D eigenvalue weighted by Crippen LogP contribution is 2.30. The third kappa shape index (κ3) is 3.31. The number of thiophene rings is 1. The summed E-state index contributed by atoms with van der Waals surface area (Å²) in [6.07, 6.45) is 9.93. The van der Waals surface area contributed by atoms with Crippen LogP contribution in [0.1, 0.15) is 62.1 Å². The summed E-state index contributed by atoms with van der Waals surface area (Å²) in [6, 6.07) is 5.37. The summed E-state index contributed by atoms with van der Waals surface area (Å²) in [5.41, 5.74) is 1.10. The molecule has 1 aliphatic carbocycles. The van der Waals surface area contributed by atoms with Gasteiger partial charge in [-0.3, -0.25) is 0 Å². The van der Waals surface area contributed by atoms with E-state index in [4.69, 9.17) is 4.98 Å². The lowest BCUT2D eigenvalue weighted by atomic mass is 9.96. The molecule has 0 spiro atoms. The van der Waals surface area contributed by atoms with E-state index in [0.717, 1.165) is 18.1 Å².